The third-order valence-electron chi connectivity index (χ3n) is 5.38. The summed E-state index contributed by atoms with van der Waals surface area (Å²) in [4.78, 5) is 16.0. The second-order valence-corrected chi connectivity index (χ2v) is 10.2. The van der Waals surface area contributed by atoms with Crippen LogP contribution in [0.2, 0.25) is 0 Å². The van der Waals surface area contributed by atoms with Crippen LogP contribution in [0.5, 0.6) is 0 Å². The van der Waals surface area contributed by atoms with Gasteiger partial charge in [0.1, 0.15) is 0 Å². The first kappa shape index (κ1) is 20.8. The van der Waals surface area contributed by atoms with E-state index < -0.39 is 10.0 Å². The Labute approximate surface area is 170 Å². The number of fused-ring (bicyclic) bond motifs is 1. The van der Waals surface area contributed by atoms with Crippen molar-refractivity contribution in [2.45, 2.75) is 44.4 Å². The number of nitrogens with one attached hydrogen (secondary N) is 1. The summed E-state index contributed by atoms with van der Waals surface area (Å²) in [5.74, 6) is 0.658. The van der Waals surface area contributed by atoms with Crippen LogP contribution in [0.4, 0.5) is 5.69 Å². The fourth-order valence-corrected chi connectivity index (χ4v) is 6.18. The van der Waals surface area contributed by atoms with Gasteiger partial charge in [0, 0.05) is 36.7 Å². The van der Waals surface area contributed by atoms with Gasteiger partial charge in [-0.2, -0.15) is 0 Å². The van der Waals surface area contributed by atoms with Crippen LogP contribution < -0.4 is 9.62 Å². The minimum atomic E-state index is -3.63. The zero-order chi connectivity index (χ0) is 19.6. The summed E-state index contributed by atoms with van der Waals surface area (Å²) in [5, 5.41) is 0. The van der Waals surface area contributed by atoms with E-state index in [-0.39, 0.29) is 10.8 Å². The molecule has 27 heavy (non-hydrogen) atoms. The fourth-order valence-electron chi connectivity index (χ4n) is 4.00. The molecule has 1 amide bonds. The number of nitrogens with zero attached hydrogens (tertiary/aromatic N) is 2. The fraction of sp³-hybridized carbons (Fsp3) is 0.632. The van der Waals surface area contributed by atoms with Gasteiger partial charge in [-0.1, -0.05) is 6.92 Å². The summed E-state index contributed by atoms with van der Waals surface area (Å²) in [5.41, 5.74) is 1.70. The van der Waals surface area contributed by atoms with Crippen molar-refractivity contribution in [2.75, 3.05) is 37.6 Å². The molecule has 2 aliphatic rings. The Morgan fingerprint density at radius 2 is 2.11 bits per heavy atom. The molecule has 0 aromatic heterocycles. The molecule has 1 atom stereocenters. The molecule has 6 nitrogen and oxygen atoms in total. The first-order valence-electron chi connectivity index (χ1n) is 9.60. The van der Waals surface area contributed by atoms with Crippen LogP contribution in [0.25, 0.3) is 0 Å². The summed E-state index contributed by atoms with van der Waals surface area (Å²) in [7, 11) is -3.63. The monoisotopic (exact) mass is 457 g/mol. The lowest BCUT2D eigenvalue weighted by molar-refractivity contribution is -0.116. The molecule has 0 radical (unpaired) electrons. The number of halogens is 1. The number of sulfonamides is 1. The van der Waals surface area contributed by atoms with Crippen molar-refractivity contribution < 1.29 is 13.2 Å². The quantitative estimate of drug-likeness (QED) is 0.666. The van der Waals surface area contributed by atoms with Crippen LogP contribution in [-0.4, -0.2) is 51.9 Å². The minimum absolute atomic E-state index is 0.0665. The van der Waals surface area contributed by atoms with Crippen LogP contribution in [0.1, 0.15) is 38.7 Å². The second-order valence-electron chi connectivity index (χ2n) is 7.63. The van der Waals surface area contributed by atoms with Crippen molar-refractivity contribution in [3.05, 3.63) is 22.2 Å². The maximum atomic E-state index is 12.8. The van der Waals surface area contributed by atoms with E-state index in [1.165, 1.54) is 19.8 Å². The molecular formula is C19H28BrN3O3S. The molecule has 2 heterocycles. The average Bonchev–Trinajstić information content (AvgIpc) is 3.01. The number of carbonyl (C=O) groups is 1. The largest absolute Gasteiger partial charge is 0.312 e. The molecule has 2 aliphatic heterocycles. The molecule has 0 bridgehead atoms. The van der Waals surface area contributed by atoms with E-state index in [1.54, 1.807) is 11.0 Å². The van der Waals surface area contributed by atoms with Gasteiger partial charge < -0.3 is 9.80 Å². The van der Waals surface area contributed by atoms with Crippen molar-refractivity contribution in [2.24, 2.45) is 5.92 Å². The predicted molar refractivity (Wildman–Crippen MR) is 111 cm³/mol. The summed E-state index contributed by atoms with van der Waals surface area (Å²) in [6.07, 6.45) is 4.04. The SMILES string of the molecule is CC(=O)N1CCc2cc(Br)c(S(=O)(=O)NCCCN3CCCC(C)C3)cc21. The predicted octanol–water partition coefficient (Wildman–Crippen LogP) is 2.76. The molecule has 1 aromatic carbocycles. The second kappa shape index (κ2) is 8.59. The number of likely N-dealkylation sites (tertiary alicyclic amines) is 1. The molecule has 1 fully saturated rings. The third kappa shape index (κ3) is 4.91. The molecule has 1 N–H and O–H groups in total. The van der Waals surface area contributed by atoms with Crippen LogP contribution in [0, 0.1) is 5.92 Å². The van der Waals surface area contributed by atoms with Gasteiger partial charge in [-0.05, 0) is 78.3 Å². The number of hydrogen-bond acceptors (Lipinski definition) is 4. The van der Waals surface area contributed by atoms with Gasteiger partial charge in [-0.25, -0.2) is 13.1 Å². The minimum Gasteiger partial charge on any atom is -0.312 e. The van der Waals surface area contributed by atoms with E-state index >= 15 is 0 Å². The normalized spacial score (nSPS) is 20.7. The highest BCUT2D eigenvalue weighted by Crippen LogP contribution is 2.35. The van der Waals surface area contributed by atoms with Gasteiger partial charge in [-0.3, -0.25) is 4.79 Å². The Hall–Kier alpha value is -0.960. The highest BCUT2D eigenvalue weighted by atomic mass is 79.9. The smallest absolute Gasteiger partial charge is 0.241 e. The maximum absolute atomic E-state index is 12.8. The lowest BCUT2D eigenvalue weighted by atomic mass is 10.0. The first-order chi connectivity index (χ1) is 12.8. The number of anilines is 1. The molecule has 0 saturated carbocycles. The Morgan fingerprint density at radius 1 is 1.33 bits per heavy atom. The number of carbonyl (C=O) groups excluding carboxylic acids is 1. The Kier molecular flexibility index (Phi) is 6.61. The van der Waals surface area contributed by atoms with Gasteiger partial charge in [-0.15, -0.1) is 0 Å². The van der Waals surface area contributed by atoms with E-state index in [2.05, 4.69) is 32.5 Å². The first-order valence-corrected chi connectivity index (χ1v) is 11.9. The van der Waals surface area contributed by atoms with E-state index in [1.807, 2.05) is 6.07 Å². The molecule has 1 aromatic rings. The van der Waals surface area contributed by atoms with Crippen LogP contribution in [-0.2, 0) is 21.2 Å². The van der Waals surface area contributed by atoms with Crippen molar-refractivity contribution >= 4 is 37.5 Å². The van der Waals surface area contributed by atoms with Crippen molar-refractivity contribution in [3.8, 4) is 0 Å². The standard InChI is InChI=1S/C19H28BrN3O3S/c1-14-5-3-8-22(13-14)9-4-7-21-27(25,26)19-12-18-16(11-17(19)20)6-10-23(18)15(2)24/h11-12,14,21H,3-10,13H2,1-2H3. The van der Waals surface area contributed by atoms with Gasteiger partial charge in [0.25, 0.3) is 0 Å². The van der Waals surface area contributed by atoms with Crippen molar-refractivity contribution in [1.29, 1.82) is 0 Å². The van der Waals surface area contributed by atoms with Crippen molar-refractivity contribution in [1.82, 2.24) is 9.62 Å². The van der Waals surface area contributed by atoms with E-state index in [4.69, 9.17) is 0 Å². The summed E-state index contributed by atoms with van der Waals surface area (Å²) < 4.78 is 28.8. The van der Waals surface area contributed by atoms with E-state index in [9.17, 15) is 13.2 Å². The Balaban J connectivity index is 1.63. The molecular weight excluding hydrogens is 430 g/mol. The third-order valence-corrected chi connectivity index (χ3v) is 7.80. The zero-order valence-electron chi connectivity index (χ0n) is 16.0. The maximum Gasteiger partial charge on any atom is 0.241 e. The molecule has 8 heteroatoms. The number of rotatable bonds is 6. The highest BCUT2D eigenvalue weighted by Gasteiger charge is 2.27. The summed E-state index contributed by atoms with van der Waals surface area (Å²) in [6.45, 7) is 7.90. The van der Waals surface area contributed by atoms with E-state index in [0.29, 0.717) is 23.2 Å². The van der Waals surface area contributed by atoms with Gasteiger partial charge in [0.15, 0.2) is 0 Å². The molecule has 3 rings (SSSR count). The van der Waals surface area contributed by atoms with Crippen LogP contribution >= 0.6 is 15.9 Å². The Bertz CT molecular complexity index is 813. The molecule has 0 aliphatic carbocycles. The van der Waals surface area contributed by atoms with Crippen molar-refractivity contribution in [3.63, 3.8) is 0 Å². The molecule has 1 unspecified atom stereocenters. The molecule has 0 spiro atoms. The lowest BCUT2D eigenvalue weighted by Gasteiger charge is -2.30. The summed E-state index contributed by atoms with van der Waals surface area (Å²) in [6, 6.07) is 3.43. The molecule has 1 saturated heterocycles. The topological polar surface area (TPSA) is 69.7 Å². The van der Waals surface area contributed by atoms with Crippen LogP contribution in [0.15, 0.2) is 21.5 Å². The average molecular weight is 458 g/mol. The summed E-state index contributed by atoms with van der Waals surface area (Å²) >= 11 is 3.39. The number of hydrogen-bond donors (Lipinski definition) is 1. The van der Waals surface area contributed by atoms with Gasteiger partial charge >= 0.3 is 0 Å². The highest BCUT2D eigenvalue weighted by molar-refractivity contribution is 9.10. The molecule has 150 valence electrons. The van der Waals surface area contributed by atoms with E-state index in [0.717, 1.165) is 44.0 Å². The number of amides is 1. The number of piperidine rings is 1. The zero-order valence-corrected chi connectivity index (χ0v) is 18.4. The lowest BCUT2D eigenvalue weighted by Crippen LogP contribution is -2.36. The Morgan fingerprint density at radius 3 is 2.81 bits per heavy atom. The number of benzene rings is 1. The van der Waals surface area contributed by atoms with Crippen LogP contribution in [0.3, 0.4) is 0 Å². The van der Waals surface area contributed by atoms with Gasteiger partial charge in [0.2, 0.25) is 15.9 Å². The van der Waals surface area contributed by atoms with Gasteiger partial charge in [0.05, 0.1) is 4.90 Å².